The van der Waals surface area contributed by atoms with Gasteiger partial charge in [0.15, 0.2) is 5.75 Å². The number of hydrogen-bond acceptors (Lipinski definition) is 3. The second kappa shape index (κ2) is 7.05. The second-order valence-corrected chi connectivity index (χ2v) is 5.65. The van der Waals surface area contributed by atoms with Crippen molar-refractivity contribution in [3.63, 3.8) is 0 Å². The van der Waals surface area contributed by atoms with Crippen molar-refractivity contribution >= 4 is 5.97 Å². The van der Waals surface area contributed by atoms with E-state index >= 15 is 0 Å². The van der Waals surface area contributed by atoms with Crippen molar-refractivity contribution in [1.29, 1.82) is 0 Å². The quantitative estimate of drug-likeness (QED) is 0.746. The third-order valence-electron chi connectivity index (χ3n) is 3.87. The highest BCUT2D eigenvalue weighted by Gasteiger charge is 2.13. The predicted octanol–water partition coefficient (Wildman–Crippen LogP) is 3.63. The van der Waals surface area contributed by atoms with Gasteiger partial charge >= 0.3 is 5.97 Å². The van der Waals surface area contributed by atoms with E-state index in [9.17, 15) is 9.59 Å². The van der Waals surface area contributed by atoms with Gasteiger partial charge < -0.3 is 14.8 Å². The van der Waals surface area contributed by atoms with Crippen molar-refractivity contribution in [1.82, 2.24) is 4.98 Å². The van der Waals surface area contributed by atoms with Gasteiger partial charge in [0.25, 0.3) is 0 Å². The zero-order valence-corrected chi connectivity index (χ0v) is 13.7. The van der Waals surface area contributed by atoms with Crippen LogP contribution in [-0.2, 0) is 6.61 Å². The van der Waals surface area contributed by atoms with Gasteiger partial charge in [0.1, 0.15) is 6.61 Å². The Morgan fingerprint density at radius 2 is 1.88 bits per heavy atom. The topological polar surface area (TPSA) is 79.4 Å². The Morgan fingerprint density at radius 1 is 1.12 bits per heavy atom. The smallest absolute Gasteiger partial charge is 0.335 e. The fourth-order valence-electron chi connectivity index (χ4n) is 2.54. The van der Waals surface area contributed by atoms with E-state index in [4.69, 9.17) is 9.84 Å². The Hall–Kier alpha value is -3.34. The van der Waals surface area contributed by atoms with E-state index in [2.05, 4.69) is 4.98 Å². The van der Waals surface area contributed by atoms with Crippen LogP contribution in [0.25, 0.3) is 11.1 Å². The lowest BCUT2D eigenvalue weighted by Crippen LogP contribution is -2.13. The lowest BCUT2D eigenvalue weighted by molar-refractivity contribution is 0.0697. The monoisotopic (exact) mass is 335 g/mol. The molecule has 0 aliphatic rings. The first-order valence-electron chi connectivity index (χ1n) is 7.79. The number of pyridine rings is 1. The molecule has 0 unspecified atom stereocenters. The number of nitrogens with one attached hydrogen (secondary N) is 1. The number of benzene rings is 2. The van der Waals surface area contributed by atoms with Crippen LogP contribution < -0.4 is 10.2 Å². The number of ether oxygens (including phenoxy) is 1. The van der Waals surface area contributed by atoms with Gasteiger partial charge in [-0.3, -0.25) is 4.79 Å². The van der Waals surface area contributed by atoms with E-state index in [0.717, 1.165) is 5.56 Å². The van der Waals surface area contributed by atoms with Crippen LogP contribution in [0, 0.1) is 6.92 Å². The van der Waals surface area contributed by atoms with Crippen LogP contribution in [0.15, 0.2) is 65.6 Å². The lowest BCUT2D eigenvalue weighted by atomic mass is 10.0. The molecule has 25 heavy (non-hydrogen) atoms. The number of carbonyl (C=O) groups is 1. The lowest BCUT2D eigenvalue weighted by Gasteiger charge is -2.11. The van der Waals surface area contributed by atoms with Gasteiger partial charge in [-0.1, -0.05) is 42.5 Å². The molecule has 5 heteroatoms. The summed E-state index contributed by atoms with van der Waals surface area (Å²) >= 11 is 0. The van der Waals surface area contributed by atoms with Crippen molar-refractivity contribution in [3.8, 4) is 16.9 Å². The van der Waals surface area contributed by atoms with E-state index in [1.807, 2.05) is 30.3 Å². The normalized spacial score (nSPS) is 10.4. The van der Waals surface area contributed by atoms with Gasteiger partial charge in [-0.05, 0) is 30.2 Å². The van der Waals surface area contributed by atoms with Crippen molar-refractivity contribution in [2.75, 3.05) is 0 Å². The summed E-state index contributed by atoms with van der Waals surface area (Å²) < 4.78 is 5.73. The molecule has 0 bridgehead atoms. The second-order valence-electron chi connectivity index (χ2n) is 5.65. The highest BCUT2D eigenvalue weighted by atomic mass is 16.5. The molecule has 2 aromatic carbocycles. The van der Waals surface area contributed by atoms with Crippen LogP contribution in [0.5, 0.6) is 5.75 Å². The number of aromatic amines is 1. The van der Waals surface area contributed by atoms with Crippen LogP contribution in [-0.4, -0.2) is 16.1 Å². The summed E-state index contributed by atoms with van der Waals surface area (Å²) in [5.74, 6) is -0.798. The molecule has 0 saturated carbocycles. The van der Waals surface area contributed by atoms with Crippen molar-refractivity contribution in [3.05, 3.63) is 87.8 Å². The van der Waals surface area contributed by atoms with E-state index in [0.29, 0.717) is 16.8 Å². The Kier molecular flexibility index (Phi) is 4.66. The van der Waals surface area contributed by atoms with Gasteiger partial charge in [0, 0.05) is 11.8 Å². The number of aromatic carboxylic acids is 1. The molecule has 1 heterocycles. The SMILES string of the molecule is Cc1[nH]cc(-c2cccc(C(=O)O)c2)c(=O)c1OCc1ccccc1. The van der Waals surface area contributed by atoms with Gasteiger partial charge in [0.05, 0.1) is 11.3 Å². The Labute approximate surface area is 144 Å². The first-order chi connectivity index (χ1) is 12.1. The van der Waals surface area contributed by atoms with E-state index in [1.165, 1.54) is 12.1 Å². The highest BCUT2D eigenvalue weighted by Crippen LogP contribution is 2.21. The third kappa shape index (κ3) is 3.61. The van der Waals surface area contributed by atoms with Gasteiger partial charge in [-0.15, -0.1) is 0 Å². The van der Waals surface area contributed by atoms with Crippen LogP contribution in [0.1, 0.15) is 21.6 Å². The number of hydrogen-bond donors (Lipinski definition) is 2. The highest BCUT2D eigenvalue weighted by molar-refractivity contribution is 5.89. The number of aryl methyl sites for hydroxylation is 1. The van der Waals surface area contributed by atoms with Gasteiger partial charge in [0.2, 0.25) is 5.43 Å². The maximum absolute atomic E-state index is 12.8. The molecule has 3 aromatic rings. The average Bonchev–Trinajstić information content (AvgIpc) is 2.62. The molecule has 0 amide bonds. The van der Waals surface area contributed by atoms with Crippen LogP contribution in [0.3, 0.4) is 0 Å². The molecule has 2 N–H and O–H groups in total. The number of carboxylic acids is 1. The third-order valence-corrected chi connectivity index (χ3v) is 3.87. The Balaban J connectivity index is 1.96. The summed E-state index contributed by atoms with van der Waals surface area (Å²) in [6.45, 7) is 2.04. The summed E-state index contributed by atoms with van der Waals surface area (Å²) in [5, 5.41) is 9.12. The number of H-pyrrole nitrogens is 1. The van der Waals surface area contributed by atoms with Crippen molar-refractivity contribution in [2.45, 2.75) is 13.5 Å². The van der Waals surface area contributed by atoms with Gasteiger partial charge in [-0.25, -0.2) is 4.79 Å². The molecule has 0 aliphatic carbocycles. The zero-order valence-electron chi connectivity index (χ0n) is 13.7. The fourth-order valence-corrected chi connectivity index (χ4v) is 2.54. The molecule has 3 rings (SSSR count). The molecule has 0 radical (unpaired) electrons. The van der Waals surface area contributed by atoms with Crippen molar-refractivity contribution < 1.29 is 14.6 Å². The molecule has 0 fully saturated rings. The maximum Gasteiger partial charge on any atom is 0.335 e. The summed E-state index contributed by atoms with van der Waals surface area (Å²) in [4.78, 5) is 27.0. The Bertz CT molecular complexity index is 961. The summed E-state index contributed by atoms with van der Waals surface area (Å²) in [6.07, 6.45) is 1.58. The molecular formula is C20H17NO4. The minimum atomic E-state index is -1.04. The first kappa shape index (κ1) is 16.5. The predicted molar refractivity (Wildman–Crippen MR) is 95.0 cm³/mol. The zero-order chi connectivity index (χ0) is 17.8. The minimum absolute atomic E-state index is 0.129. The molecule has 0 saturated heterocycles. The van der Waals surface area contributed by atoms with E-state index in [-0.39, 0.29) is 23.3 Å². The Morgan fingerprint density at radius 3 is 2.60 bits per heavy atom. The summed E-state index contributed by atoms with van der Waals surface area (Å²) in [7, 11) is 0. The minimum Gasteiger partial charge on any atom is -0.483 e. The summed E-state index contributed by atoms with van der Waals surface area (Å²) in [5.41, 5.74) is 2.35. The van der Waals surface area contributed by atoms with Crippen LogP contribution >= 0.6 is 0 Å². The first-order valence-corrected chi connectivity index (χ1v) is 7.79. The average molecular weight is 335 g/mol. The maximum atomic E-state index is 12.8. The van der Waals surface area contributed by atoms with E-state index < -0.39 is 5.97 Å². The largest absolute Gasteiger partial charge is 0.483 e. The molecule has 0 atom stereocenters. The van der Waals surface area contributed by atoms with Crippen molar-refractivity contribution in [2.24, 2.45) is 0 Å². The molecule has 1 aromatic heterocycles. The standard InChI is InChI=1S/C20H17NO4/c1-13-19(25-12-14-6-3-2-4-7-14)18(22)17(11-21-13)15-8-5-9-16(10-15)20(23)24/h2-11H,12H2,1H3,(H,21,22)(H,23,24). The molecule has 0 aliphatic heterocycles. The van der Waals surface area contributed by atoms with Crippen LogP contribution in [0.4, 0.5) is 0 Å². The number of carboxylic acid groups (broad SMARTS) is 1. The molecular weight excluding hydrogens is 318 g/mol. The van der Waals surface area contributed by atoms with Gasteiger partial charge in [-0.2, -0.15) is 0 Å². The molecule has 5 nitrogen and oxygen atoms in total. The van der Waals surface area contributed by atoms with E-state index in [1.54, 1.807) is 25.3 Å². The fraction of sp³-hybridized carbons (Fsp3) is 0.100. The molecule has 0 spiro atoms. The molecule has 126 valence electrons. The number of rotatable bonds is 5. The number of aromatic nitrogens is 1. The van der Waals surface area contributed by atoms with Crippen LogP contribution in [0.2, 0.25) is 0 Å². The summed E-state index contributed by atoms with van der Waals surface area (Å²) in [6, 6.07) is 15.8.